The maximum Gasteiger partial charge on any atom is 0.334 e. The minimum Gasteiger partial charge on any atom is -0.479 e. The standard InChI is InChI=1S/C17H19N3O5/c1-10(2)14-18-15(25-19-14)11-5-3-4-6-12(11)16(21)20-7-8-24-13(9-20)17(22)23/h3-6,10,13H,7-9H2,1-2H3,(H,22,23). The predicted octanol–water partition coefficient (Wildman–Crippen LogP) is 1.79. The molecule has 25 heavy (non-hydrogen) atoms. The summed E-state index contributed by atoms with van der Waals surface area (Å²) < 4.78 is 10.5. The number of aromatic nitrogens is 2. The van der Waals surface area contributed by atoms with Crippen molar-refractivity contribution in [2.75, 3.05) is 19.7 Å². The minimum absolute atomic E-state index is 0.00355. The molecule has 0 bridgehead atoms. The van der Waals surface area contributed by atoms with Gasteiger partial charge in [0, 0.05) is 12.5 Å². The summed E-state index contributed by atoms with van der Waals surface area (Å²) in [7, 11) is 0. The van der Waals surface area contributed by atoms with E-state index in [0.717, 1.165) is 0 Å². The van der Waals surface area contributed by atoms with Crippen molar-refractivity contribution in [2.45, 2.75) is 25.9 Å². The Morgan fingerprint density at radius 1 is 1.32 bits per heavy atom. The van der Waals surface area contributed by atoms with Crippen molar-refractivity contribution in [3.8, 4) is 11.5 Å². The molecule has 1 saturated heterocycles. The highest BCUT2D eigenvalue weighted by atomic mass is 16.5. The van der Waals surface area contributed by atoms with E-state index in [-0.39, 0.29) is 30.9 Å². The highest BCUT2D eigenvalue weighted by molar-refractivity contribution is 6.00. The van der Waals surface area contributed by atoms with E-state index in [1.54, 1.807) is 24.3 Å². The molecular formula is C17H19N3O5. The average Bonchev–Trinajstić information content (AvgIpc) is 3.11. The van der Waals surface area contributed by atoms with Gasteiger partial charge in [0.15, 0.2) is 11.9 Å². The van der Waals surface area contributed by atoms with Gasteiger partial charge < -0.3 is 19.3 Å². The van der Waals surface area contributed by atoms with Gasteiger partial charge in [-0.2, -0.15) is 4.98 Å². The van der Waals surface area contributed by atoms with Crippen molar-refractivity contribution < 1.29 is 24.0 Å². The van der Waals surface area contributed by atoms with E-state index < -0.39 is 12.1 Å². The molecular weight excluding hydrogens is 326 g/mol. The van der Waals surface area contributed by atoms with Crippen LogP contribution < -0.4 is 0 Å². The Hall–Kier alpha value is -2.74. The monoisotopic (exact) mass is 345 g/mol. The molecule has 1 atom stereocenters. The largest absolute Gasteiger partial charge is 0.479 e. The van der Waals surface area contributed by atoms with Crippen LogP contribution in [0.15, 0.2) is 28.8 Å². The van der Waals surface area contributed by atoms with Crippen molar-refractivity contribution in [1.82, 2.24) is 15.0 Å². The highest BCUT2D eigenvalue weighted by Crippen LogP contribution is 2.25. The molecule has 8 nitrogen and oxygen atoms in total. The molecule has 0 spiro atoms. The summed E-state index contributed by atoms with van der Waals surface area (Å²) >= 11 is 0. The van der Waals surface area contributed by atoms with Gasteiger partial charge in [0.25, 0.3) is 11.8 Å². The third kappa shape index (κ3) is 3.53. The molecule has 1 aromatic heterocycles. The van der Waals surface area contributed by atoms with Gasteiger partial charge in [-0.3, -0.25) is 4.79 Å². The zero-order chi connectivity index (χ0) is 18.0. The second-order valence-corrected chi connectivity index (χ2v) is 6.11. The normalized spacial score (nSPS) is 17.7. The van der Waals surface area contributed by atoms with Crippen LogP contribution in [0.3, 0.4) is 0 Å². The molecule has 2 aromatic rings. The number of morpholine rings is 1. The fraction of sp³-hybridized carbons (Fsp3) is 0.412. The van der Waals surface area contributed by atoms with E-state index in [1.807, 2.05) is 13.8 Å². The first kappa shape index (κ1) is 17.1. The second-order valence-electron chi connectivity index (χ2n) is 6.11. The summed E-state index contributed by atoms with van der Waals surface area (Å²) in [6.07, 6.45) is -1.01. The Morgan fingerprint density at radius 2 is 2.08 bits per heavy atom. The third-order valence-corrected chi connectivity index (χ3v) is 3.98. The quantitative estimate of drug-likeness (QED) is 0.900. The number of rotatable bonds is 4. The van der Waals surface area contributed by atoms with E-state index in [0.29, 0.717) is 23.5 Å². The molecule has 1 amide bonds. The number of aliphatic carboxylic acids is 1. The number of carboxylic acid groups (broad SMARTS) is 1. The van der Waals surface area contributed by atoms with Gasteiger partial charge in [-0.15, -0.1) is 0 Å². The SMILES string of the molecule is CC(C)c1noc(-c2ccccc2C(=O)N2CCOC(C(=O)O)C2)n1. The zero-order valence-electron chi connectivity index (χ0n) is 14.0. The maximum absolute atomic E-state index is 12.9. The first-order valence-corrected chi connectivity index (χ1v) is 8.04. The molecule has 0 saturated carbocycles. The van der Waals surface area contributed by atoms with Crippen LogP contribution >= 0.6 is 0 Å². The summed E-state index contributed by atoms with van der Waals surface area (Å²) in [5.74, 6) is -0.417. The van der Waals surface area contributed by atoms with Gasteiger partial charge in [-0.1, -0.05) is 31.1 Å². The molecule has 1 aromatic carbocycles. The third-order valence-electron chi connectivity index (χ3n) is 3.98. The van der Waals surface area contributed by atoms with Gasteiger partial charge in [-0.25, -0.2) is 4.79 Å². The lowest BCUT2D eigenvalue weighted by atomic mass is 10.1. The van der Waals surface area contributed by atoms with Crippen LogP contribution in [0.1, 0.15) is 35.9 Å². The lowest BCUT2D eigenvalue weighted by Gasteiger charge is -2.31. The number of nitrogens with zero attached hydrogens (tertiary/aromatic N) is 3. The van der Waals surface area contributed by atoms with Crippen molar-refractivity contribution in [3.63, 3.8) is 0 Å². The summed E-state index contributed by atoms with van der Waals surface area (Å²) in [4.78, 5) is 29.8. The zero-order valence-corrected chi connectivity index (χ0v) is 14.0. The van der Waals surface area contributed by atoms with Gasteiger partial charge in [0.1, 0.15) is 0 Å². The Bertz CT molecular complexity index is 786. The molecule has 1 unspecified atom stereocenters. The molecule has 1 aliphatic heterocycles. The molecule has 3 rings (SSSR count). The van der Waals surface area contributed by atoms with Crippen LogP contribution in [0.25, 0.3) is 11.5 Å². The van der Waals surface area contributed by atoms with Crippen molar-refractivity contribution in [3.05, 3.63) is 35.7 Å². The average molecular weight is 345 g/mol. The Morgan fingerprint density at radius 3 is 2.76 bits per heavy atom. The van der Waals surface area contributed by atoms with E-state index in [9.17, 15) is 9.59 Å². The van der Waals surface area contributed by atoms with Crippen LogP contribution in [0.4, 0.5) is 0 Å². The summed E-state index contributed by atoms with van der Waals surface area (Å²) in [5.41, 5.74) is 0.928. The molecule has 0 radical (unpaired) electrons. The smallest absolute Gasteiger partial charge is 0.334 e. The predicted molar refractivity (Wildman–Crippen MR) is 87.1 cm³/mol. The maximum atomic E-state index is 12.9. The Kier molecular flexibility index (Phi) is 4.80. The van der Waals surface area contributed by atoms with Crippen LogP contribution in [0, 0.1) is 0 Å². The molecule has 8 heteroatoms. The summed E-state index contributed by atoms with van der Waals surface area (Å²) in [5, 5.41) is 13.0. The van der Waals surface area contributed by atoms with Gasteiger partial charge in [0.05, 0.1) is 24.3 Å². The molecule has 132 valence electrons. The first-order chi connectivity index (χ1) is 12.0. The number of carbonyl (C=O) groups is 2. The molecule has 1 aliphatic rings. The number of amides is 1. The second kappa shape index (κ2) is 7.02. The lowest BCUT2D eigenvalue weighted by molar-refractivity contribution is -0.154. The van der Waals surface area contributed by atoms with Crippen LogP contribution in [-0.2, 0) is 9.53 Å². The minimum atomic E-state index is -1.08. The van der Waals surface area contributed by atoms with Gasteiger partial charge in [0.2, 0.25) is 0 Å². The summed E-state index contributed by atoms with van der Waals surface area (Å²) in [6.45, 7) is 4.42. The van der Waals surface area contributed by atoms with Crippen LogP contribution in [0.2, 0.25) is 0 Å². The van der Waals surface area contributed by atoms with E-state index in [4.69, 9.17) is 14.4 Å². The highest BCUT2D eigenvalue weighted by Gasteiger charge is 2.31. The number of benzene rings is 1. The first-order valence-electron chi connectivity index (χ1n) is 8.04. The van der Waals surface area contributed by atoms with Crippen LogP contribution in [-0.4, -0.2) is 57.8 Å². The molecule has 2 heterocycles. The van der Waals surface area contributed by atoms with Crippen molar-refractivity contribution in [2.24, 2.45) is 0 Å². The van der Waals surface area contributed by atoms with Crippen molar-refractivity contribution in [1.29, 1.82) is 0 Å². The molecule has 0 aliphatic carbocycles. The fourth-order valence-electron chi connectivity index (χ4n) is 2.59. The number of ether oxygens (including phenoxy) is 1. The number of carboxylic acids is 1. The number of hydrogen-bond donors (Lipinski definition) is 1. The Balaban J connectivity index is 1.89. The lowest BCUT2D eigenvalue weighted by Crippen LogP contribution is -2.48. The molecule has 1 N–H and O–H groups in total. The Labute approximate surface area is 144 Å². The van der Waals surface area contributed by atoms with Gasteiger partial charge in [-0.05, 0) is 12.1 Å². The number of carbonyl (C=O) groups excluding carboxylic acids is 1. The fourth-order valence-corrected chi connectivity index (χ4v) is 2.59. The van der Waals surface area contributed by atoms with Crippen molar-refractivity contribution >= 4 is 11.9 Å². The topological polar surface area (TPSA) is 106 Å². The van der Waals surface area contributed by atoms with Gasteiger partial charge >= 0.3 is 5.97 Å². The van der Waals surface area contributed by atoms with E-state index in [2.05, 4.69) is 10.1 Å². The van der Waals surface area contributed by atoms with E-state index in [1.165, 1.54) is 4.90 Å². The number of hydrogen-bond acceptors (Lipinski definition) is 6. The van der Waals surface area contributed by atoms with Crippen LogP contribution in [0.5, 0.6) is 0 Å². The summed E-state index contributed by atoms with van der Waals surface area (Å²) in [6, 6.07) is 6.93. The molecule has 1 fully saturated rings. The van der Waals surface area contributed by atoms with E-state index >= 15 is 0 Å².